The predicted molar refractivity (Wildman–Crippen MR) is 78.0 cm³/mol. The van der Waals surface area contributed by atoms with Crippen molar-refractivity contribution in [1.82, 2.24) is 10.3 Å². The van der Waals surface area contributed by atoms with Crippen molar-refractivity contribution in [2.24, 2.45) is 0 Å². The maximum atomic E-state index is 12.1. The lowest BCUT2D eigenvalue weighted by atomic mass is 10.0. The number of esters is 1. The Balaban J connectivity index is 2.45. The average Bonchev–Trinajstić information content (AvgIpc) is 2.48. The monoisotopic (exact) mass is 268 g/mol. The highest BCUT2D eigenvalue weighted by molar-refractivity contribution is 5.90. The van der Waals surface area contributed by atoms with E-state index in [1.165, 1.54) is 0 Å². The minimum atomic E-state index is -0.607. The first kappa shape index (κ1) is 14.0. The SMILES string of the molecule is C#CCNC(C(=O)OCC)c1cncc2ccccc12. The fraction of sp³-hybridized carbons (Fsp3) is 0.250. The van der Waals surface area contributed by atoms with E-state index in [9.17, 15) is 4.79 Å². The standard InChI is InChI=1S/C16H16N2O2/c1-3-9-18-15(16(19)20-4-2)14-11-17-10-12-7-5-6-8-13(12)14/h1,5-8,10-11,15,18H,4,9H2,2H3. The second-order valence-electron chi connectivity index (χ2n) is 4.22. The van der Waals surface area contributed by atoms with Crippen LogP contribution in [-0.4, -0.2) is 24.1 Å². The Morgan fingerprint density at radius 2 is 2.25 bits per heavy atom. The molecule has 1 N–H and O–H groups in total. The van der Waals surface area contributed by atoms with Gasteiger partial charge >= 0.3 is 5.97 Å². The van der Waals surface area contributed by atoms with Crippen molar-refractivity contribution in [3.63, 3.8) is 0 Å². The van der Waals surface area contributed by atoms with Crippen LogP contribution in [0.4, 0.5) is 0 Å². The number of terminal acetylenes is 1. The number of fused-ring (bicyclic) bond motifs is 1. The van der Waals surface area contributed by atoms with Crippen molar-refractivity contribution >= 4 is 16.7 Å². The molecule has 20 heavy (non-hydrogen) atoms. The molecule has 1 aromatic heterocycles. The van der Waals surface area contributed by atoms with Gasteiger partial charge in [-0.3, -0.25) is 10.3 Å². The molecule has 4 heteroatoms. The molecule has 1 unspecified atom stereocenters. The minimum Gasteiger partial charge on any atom is -0.465 e. The highest BCUT2D eigenvalue weighted by Gasteiger charge is 2.23. The van der Waals surface area contributed by atoms with Gasteiger partial charge in [0.2, 0.25) is 0 Å². The molecule has 0 spiro atoms. The summed E-state index contributed by atoms with van der Waals surface area (Å²) in [7, 11) is 0. The van der Waals surface area contributed by atoms with E-state index in [0.717, 1.165) is 16.3 Å². The van der Waals surface area contributed by atoms with Crippen molar-refractivity contribution in [2.45, 2.75) is 13.0 Å². The lowest BCUT2D eigenvalue weighted by Gasteiger charge is -2.17. The zero-order valence-corrected chi connectivity index (χ0v) is 11.3. The molecule has 0 amide bonds. The van der Waals surface area contributed by atoms with Gasteiger partial charge in [0, 0.05) is 23.3 Å². The average molecular weight is 268 g/mol. The van der Waals surface area contributed by atoms with Crippen LogP contribution in [0.5, 0.6) is 0 Å². The molecule has 1 aromatic carbocycles. The van der Waals surface area contributed by atoms with Crippen LogP contribution >= 0.6 is 0 Å². The summed E-state index contributed by atoms with van der Waals surface area (Å²) in [5, 5.41) is 4.95. The lowest BCUT2D eigenvalue weighted by molar-refractivity contribution is -0.145. The summed E-state index contributed by atoms with van der Waals surface area (Å²) in [6.07, 6.45) is 8.70. The number of aromatic nitrogens is 1. The van der Waals surface area contributed by atoms with Gasteiger partial charge in [0.25, 0.3) is 0 Å². The number of nitrogens with zero attached hydrogens (tertiary/aromatic N) is 1. The molecular formula is C16H16N2O2. The van der Waals surface area contributed by atoms with Crippen LogP contribution in [0.25, 0.3) is 10.8 Å². The lowest BCUT2D eigenvalue weighted by Crippen LogP contribution is -2.30. The number of carbonyl (C=O) groups is 1. The Kier molecular flexibility index (Phi) is 4.70. The number of rotatable bonds is 5. The second kappa shape index (κ2) is 6.69. The van der Waals surface area contributed by atoms with Gasteiger partial charge in [0.1, 0.15) is 6.04 Å². The first-order valence-corrected chi connectivity index (χ1v) is 6.44. The second-order valence-corrected chi connectivity index (χ2v) is 4.22. The highest BCUT2D eigenvalue weighted by Crippen LogP contribution is 2.24. The number of nitrogens with one attached hydrogen (secondary N) is 1. The molecule has 0 aliphatic heterocycles. The van der Waals surface area contributed by atoms with Crippen molar-refractivity contribution in [2.75, 3.05) is 13.2 Å². The molecule has 2 aromatic rings. The van der Waals surface area contributed by atoms with Gasteiger partial charge in [-0.2, -0.15) is 0 Å². The van der Waals surface area contributed by atoms with E-state index in [1.807, 2.05) is 24.3 Å². The molecule has 0 aliphatic rings. The van der Waals surface area contributed by atoms with Gasteiger partial charge in [-0.1, -0.05) is 30.2 Å². The number of hydrogen-bond acceptors (Lipinski definition) is 4. The van der Waals surface area contributed by atoms with E-state index < -0.39 is 6.04 Å². The topological polar surface area (TPSA) is 51.2 Å². The Bertz CT molecular complexity index is 641. The third kappa shape index (κ3) is 2.95. The maximum absolute atomic E-state index is 12.1. The highest BCUT2D eigenvalue weighted by atomic mass is 16.5. The molecule has 1 atom stereocenters. The van der Waals surface area contributed by atoms with Gasteiger partial charge in [-0.15, -0.1) is 6.42 Å². The third-order valence-electron chi connectivity index (χ3n) is 2.94. The van der Waals surface area contributed by atoms with E-state index in [0.29, 0.717) is 6.61 Å². The number of ether oxygens (including phenoxy) is 1. The van der Waals surface area contributed by atoms with Crippen molar-refractivity contribution < 1.29 is 9.53 Å². The van der Waals surface area contributed by atoms with Crippen molar-refractivity contribution in [3.8, 4) is 12.3 Å². The molecular weight excluding hydrogens is 252 g/mol. The Labute approximate surface area is 118 Å². The summed E-state index contributed by atoms with van der Waals surface area (Å²) in [4.78, 5) is 16.3. The molecule has 0 aliphatic carbocycles. The predicted octanol–water partition coefficient (Wildman–Crippen LogP) is 2.06. The van der Waals surface area contributed by atoms with E-state index in [2.05, 4.69) is 16.2 Å². The van der Waals surface area contributed by atoms with Crippen LogP contribution in [0, 0.1) is 12.3 Å². The maximum Gasteiger partial charge on any atom is 0.327 e. The van der Waals surface area contributed by atoms with Gasteiger partial charge in [-0.25, -0.2) is 4.79 Å². The van der Waals surface area contributed by atoms with Crippen LogP contribution in [0.2, 0.25) is 0 Å². The summed E-state index contributed by atoms with van der Waals surface area (Å²) >= 11 is 0. The molecule has 0 saturated heterocycles. The van der Waals surface area contributed by atoms with Gasteiger partial charge in [0.05, 0.1) is 13.2 Å². The van der Waals surface area contributed by atoms with Gasteiger partial charge < -0.3 is 4.74 Å². The van der Waals surface area contributed by atoms with E-state index in [1.54, 1.807) is 19.3 Å². The van der Waals surface area contributed by atoms with Crippen LogP contribution in [-0.2, 0) is 9.53 Å². The molecule has 0 bridgehead atoms. The summed E-state index contributed by atoms with van der Waals surface area (Å²) < 4.78 is 5.11. The van der Waals surface area contributed by atoms with Gasteiger partial charge in [-0.05, 0) is 12.3 Å². The Hall–Kier alpha value is -2.38. The van der Waals surface area contributed by atoms with Gasteiger partial charge in [0.15, 0.2) is 0 Å². The number of benzene rings is 1. The number of hydrogen-bond donors (Lipinski definition) is 1. The quantitative estimate of drug-likeness (QED) is 0.666. The zero-order valence-electron chi connectivity index (χ0n) is 11.3. The first-order valence-electron chi connectivity index (χ1n) is 6.44. The van der Waals surface area contributed by atoms with Crippen LogP contribution in [0.1, 0.15) is 18.5 Å². The number of pyridine rings is 1. The largest absolute Gasteiger partial charge is 0.465 e. The van der Waals surface area contributed by atoms with E-state index >= 15 is 0 Å². The Morgan fingerprint density at radius 3 is 3.00 bits per heavy atom. The van der Waals surface area contributed by atoms with Crippen molar-refractivity contribution in [1.29, 1.82) is 0 Å². The summed E-state index contributed by atoms with van der Waals surface area (Å²) in [5.41, 5.74) is 0.775. The molecule has 0 radical (unpaired) electrons. The summed E-state index contributed by atoms with van der Waals surface area (Å²) in [6.45, 7) is 2.38. The van der Waals surface area contributed by atoms with Crippen LogP contribution in [0.15, 0.2) is 36.7 Å². The van der Waals surface area contributed by atoms with Crippen molar-refractivity contribution in [3.05, 3.63) is 42.2 Å². The van der Waals surface area contributed by atoms with E-state index in [-0.39, 0.29) is 12.5 Å². The first-order chi connectivity index (χ1) is 9.77. The van der Waals surface area contributed by atoms with E-state index in [4.69, 9.17) is 11.2 Å². The molecule has 1 heterocycles. The molecule has 4 nitrogen and oxygen atoms in total. The van der Waals surface area contributed by atoms with Crippen LogP contribution < -0.4 is 5.32 Å². The molecule has 0 saturated carbocycles. The fourth-order valence-corrected chi connectivity index (χ4v) is 2.08. The minimum absolute atomic E-state index is 0.284. The summed E-state index contributed by atoms with van der Waals surface area (Å²) in [6, 6.07) is 7.16. The smallest absolute Gasteiger partial charge is 0.327 e. The fourth-order valence-electron chi connectivity index (χ4n) is 2.08. The zero-order chi connectivity index (χ0) is 14.4. The summed E-state index contributed by atoms with van der Waals surface area (Å²) in [5.74, 6) is 2.13. The normalized spacial score (nSPS) is 11.8. The molecule has 0 fully saturated rings. The molecule has 2 rings (SSSR count). The Morgan fingerprint density at radius 1 is 1.45 bits per heavy atom. The van der Waals surface area contributed by atoms with Crippen LogP contribution in [0.3, 0.4) is 0 Å². The number of carbonyl (C=O) groups excluding carboxylic acids is 1. The third-order valence-corrected chi connectivity index (χ3v) is 2.94. The molecule has 102 valence electrons.